The quantitative estimate of drug-likeness (QED) is 0.334. The number of aliphatic hydroxyl groups is 3. The molecule has 0 bridgehead atoms. The Labute approximate surface area is 171 Å². The highest BCUT2D eigenvalue weighted by Gasteiger charge is 2.39. The molecule has 0 unspecified atom stereocenters. The molecule has 1 aromatic carbocycles. The molecule has 1 aliphatic rings. The largest absolute Gasteiger partial charge is 0.481 e. The minimum atomic E-state index is -0.813. The first-order chi connectivity index (χ1) is 13.9. The number of rotatable bonds is 11. The summed E-state index contributed by atoms with van der Waals surface area (Å²) < 4.78 is 13.7. The zero-order valence-corrected chi connectivity index (χ0v) is 16.5. The monoisotopic (exact) mass is 406 g/mol. The first kappa shape index (κ1) is 23.3. The van der Waals surface area contributed by atoms with Gasteiger partial charge in [-0.15, -0.1) is 0 Å². The zero-order chi connectivity index (χ0) is 21.2. The molecule has 5 atom stereocenters. The Hall–Kier alpha value is -2.02. The van der Waals surface area contributed by atoms with Crippen LogP contribution in [0, 0.1) is 17.7 Å². The first-order valence-corrected chi connectivity index (χ1v) is 10.2. The zero-order valence-electron chi connectivity index (χ0n) is 16.5. The second-order valence-electron chi connectivity index (χ2n) is 7.69. The van der Waals surface area contributed by atoms with Crippen molar-refractivity contribution >= 4 is 5.97 Å². The number of benzene rings is 1. The summed E-state index contributed by atoms with van der Waals surface area (Å²) in [5.74, 6) is -1.52. The number of hydrogen-bond donors (Lipinski definition) is 4. The lowest BCUT2D eigenvalue weighted by Gasteiger charge is -2.19. The summed E-state index contributed by atoms with van der Waals surface area (Å²) in [6.45, 7) is 0. The Bertz CT molecular complexity index is 702. The van der Waals surface area contributed by atoms with Crippen LogP contribution in [0.4, 0.5) is 4.39 Å². The molecule has 0 radical (unpaired) electrons. The lowest BCUT2D eigenvalue weighted by molar-refractivity contribution is -0.137. The molecular formula is C23H31FO5. The molecule has 29 heavy (non-hydrogen) atoms. The van der Waals surface area contributed by atoms with Crippen molar-refractivity contribution in [3.05, 3.63) is 60.0 Å². The Morgan fingerprint density at radius 3 is 2.69 bits per heavy atom. The number of carboxylic acids is 1. The van der Waals surface area contributed by atoms with Crippen LogP contribution in [0.5, 0.6) is 0 Å². The van der Waals surface area contributed by atoms with E-state index in [9.17, 15) is 24.5 Å². The number of unbranched alkanes of at least 4 members (excludes halogenated alkanes) is 1. The summed E-state index contributed by atoms with van der Waals surface area (Å²) in [6.07, 6.45) is 8.16. The van der Waals surface area contributed by atoms with Gasteiger partial charge in [-0.3, -0.25) is 4.79 Å². The first-order valence-electron chi connectivity index (χ1n) is 10.2. The van der Waals surface area contributed by atoms with Gasteiger partial charge < -0.3 is 20.4 Å². The maximum Gasteiger partial charge on any atom is 0.303 e. The average Bonchev–Trinajstić information content (AvgIpc) is 2.94. The molecule has 160 valence electrons. The van der Waals surface area contributed by atoms with Gasteiger partial charge in [-0.2, -0.15) is 0 Å². The molecule has 1 aliphatic carbocycles. The van der Waals surface area contributed by atoms with Crippen LogP contribution in [0.25, 0.3) is 0 Å². The topological polar surface area (TPSA) is 98.0 Å². The summed E-state index contributed by atoms with van der Waals surface area (Å²) in [4.78, 5) is 10.5. The van der Waals surface area contributed by atoms with Gasteiger partial charge in [0.25, 0.3) is 0 Å². The minimum Gasteiger partial charge on any atom is -0.481 e. The fraction of sp³-hybridized carbons (Fsp3) is 0.522. The maximum atomic E-state index is 13.7. The predicted molar refractivity (Wildman–Crippen MR) is 109 cm³/mol. The Morgan fingerprint density at radius 2 is 1.97 bits per heavy atom. The highest BCUT2D eigenvalue weighted by atomic mass is 19.1. The van der Waals surface area contributed by atoms with Gasteiger partial charge in [0.05, 0.1) is 18.3 Å². The second kappa shape index (κ2) is 11.9. The van der Waals surface area contributed by atoms with Gasteiger partial charge >= 0.3 is 5.97 Å². The molecular weight excluding hydrogens is 375 g/mol. The molecule has 0 saturated heterocycles. The van der Waals surface area contributed by atoms with Crippen molar-refractivity contribution in [2.45, 2.75) is 63.3 Å². The molecule has 1 fully saturated rings. The average molecular weight is 406 g/mol. The molecule has 5 nitrogen and oxygen atoms in total. The summed E-state index contributed by atoms with van der Waals surface area (Å²) in [7, 11) is 0. The van der Waals surface area contributed by atoms with Gasteiger partial charge in [0.15, 0.2) is 0 Å². The Kier molecular flexibility index (Phi) is 9.51. The van der Waals surface area contributed by atoms with Crippen molar-refractivity contribution in [1.82, 2.24) is 0 Å². The van der Waals surface area contributed by atoms with E-state index in [4.69, 9.17) is 5.11 Å². The van der Waals surface area contributed by atoms with Gasteiger partial charge in [-0.05, 0) is 49.7 Å². The van der Waals surface area contributed by atoms with Crippen molar-refractivity contribution < 1.29 is 29.6 Å². The van der Waals surface area contributed by atoms with Crippen LogP contribution in [0.2, 0.25) is 0 Å². The molecule has 2 rings (SSSR count). The van der Waals surface area contributed by atoms with Crippen LogP contribution >= 0.6 is 0 Å². The molecule has 1 saturated carbocycles. The van der Waals surface area contributed by atoms with E-state index in [0.717, 1.165) is 0 Å². The number of aliphatic hydroxyl groups excluding tert-OH is 3. The van der Waals surface area contributed by atoms with Crippen molar-refractivity contribution in [2.75, 3.05) is 0 Å². The highest BCUT2D eigenvalue weighted by Crippen LogP contribution is 2.36. The number of halogens is 1. The fourth-order valence-electron chi connectivity index (χ4n) is 3.81. The standard InChI is InChI=1S/C23H31FO5/c24-20-9-6-5-7-16(20)11-12-17(25)13-14-19-18(21(26)15-22(19)27)8-3-1-2-4-10-23(28)29/h1,3,5-7,9,13-14,17-19,21-22,25-27H,2,4,8,10-12,15H2,(H,28,29)/b3-1-,14-13+/t17-,18+,19+,21-,22+/m0/s1. The van der Waals surface area contributed by atoms with E-state index in [1.165, 1.54) is 6.07 Å². The van der Waals surface area contributed by atoms with E-state index in [-0.39, 0.29) is 30.5 Å². The van der Waals surface area contributed by atoms with Crippen molar-refractivity contribution in [1.29, 1.82) is 0 Å². The summed E-state index contributed by atoms with van der Waals surface area (Å²) >= 11 is 0. The number of carbonyl (C=O) groups is 1. The summed E-state index contributed by atoms with van der Waals surface area (Å²) in [5, 5.41) is 39.3. The molecule has 4 N–H and O–H groups in total. The van der Waals surface area contributed by atoms with E-state index in [2.05, 4.69) is 0 Å². The minimum absolute atomic E-state index is 0.130. The molecule has 6 heteroatoms. The summed E-state index contributed by atoms with van der Waals surface area (Å²) in [5.41, 5.74) is 0.558. The lowest BCUT2D eigenvalue weighted by atomic mass is 9.89. The third-order valence-electron chi connectivity index (χ3n) is 5.48. The number of hydrogen-bond acceptors (Lipinski definition) is 4. The normalized spacial score (nSPS) is 25.8. The number of aryl methyl sites for hydroxylation is 1. The smallest absolute Gasteiger partial charge is 0.303 e. The van der Waals surface area contributed by atoms with Crippen LogP contribution in [-0.4, -0.2) is 44.7 Å². The van der Waals surface area contributed by atoms with Crippen LogP contribution in [0.15, 0.2) is 48.6 Å². The van der Waals surface area contributed by atoms with Crippen LogP contribution in [0.1, 0.15) is 44.1 Å². The van der Waals surface area contributed by atoms with Crippen LogP contribution < -0.4 is 0 Å². The molecule has 0 heterocycles. The van der Waals surface area contributed by atoms with Crippen molar-refractivity contribution in [3.63, 3.8) is 0 Å². The van der Waals surface area contributed by atoms with Gasteiger partial charge in [0.2, 0.25) is 0 Å². The van der Waals surface area contributed by atoms with E-state index in [1.807, 2.05) is 12.2 Å². The third kappa shape index (κ3) is 7.72. The Balaban J connectivity index is 1.84. The highest BCUT2D eigenvalue weighted by molar-refractivity contribution is 5.66. The molecule has 0 aromatic heterocycles. The maximum absolute atomic E-state index is 13.7. The number of allylic oxidation sites excluding steroid dienone is 2. The van der Waals surface area contributed by atoms with E-state index < -0.39 is 24.3 Å². The molecule has 1 aromatic rings. The predicted octanol–water partition coefficient (Wildman–Crippen LogP) is 3.23. The van der Waals surface area contributed by atoms with Gasteiger partial charge in [-0.25, -0.2) is 4.39 Å². The van der Waals surface area contributed by atoms with Gasteiger partial charge in [0, 0.05) is 18.8 Å². The van der Waals surface area contributed by atoms with Crippen molar-refractivity contribution in [2.24, 2.45) is 11.8 Å². The van der Waals surface area contributed by atoms with E-state index in [0.29, 0.717) is 37.7 Å². The molecule has 0 aliphatic heterocycles. The van der Waals surface area contributed by atoms with Gasteiger partial charge in [-0.1, -0.05) is 42.5 Å². The van der Waals surface area contributed by atoms with Crippen LogP contribution in [-0.2, 0) is 11.2 Å². The summed E-state index contributed by atoms with van der Waals surface area (Å²) in [6, 6.07) is 6.48. The van der Waals surface area contributed by atoms with Crippen molar-refractivity contribution in [3.8, 4) is 0 Å². The Morgan fingerprint density at radius 1 is 1.21 bits per heavy atom. The fourth-order valence-corrected chi connectivity index (χ4v) is 3.81. The van der Waals surface area contributed by atoms with E-state index in [1.54, 1.807) is 30.4 Å². The SMILES string of the molecule is O=C(O)CCC/C=C\C[C@@H]1[C@@H](/C=C/[C@@H](O)CCc2ccccc2F)[C@H](O)C[C@@H]1O. The van der Waals surface area contributed by atoms with Gasteiger partial charge in [0.1, 0.15) is 5.82 Å². The van der Waals surface area contributed by atoms with Crippen LogP contribution in [0.3, 0.4) is 0 Å². The second-order valence-corrected chi connectivity index (χ2v) is 7.69. The molecule has 0 amide bonds. The van der Waals surface area contributed by atoms with E-state index >= 15 is 0 Å². The third-order valence-corrected chi connectivity index (χ3v) is 5.48. The number of aliphatic carboxylic acids is 1. The number of carboxylic acid groups (broad SMARTS) is 1. The lowest BCUT2D eigenvalue weighted by Crippen LogP contribution is -2.20. The molecule has 0 spiro atoms.